The van der Waals surface area contributed by atoms with E-state index in [0.717, 1.165) is 5.56 Å². The Labute approximate surface area is 140 Å². The lowest BCUT2D eigenvalue weighted by molar-refractivity contribution is -0.116. The van der Waals surface area contributed by atoms with Gasteiger partial charge in [0.05, 0.1) is 23.6 Å². The summed E-state index contributed by atoms with van der Waals surface area (Å²) in [6, 6.07) is 13.4. The molecule has 0 bridgehead atoms. The van der Waals surface area contributed by atoms with E-state index in [1.54, 1.807) is 13.0 Å². The van der Waals surface area contributed by atoms with E-state index in [9.17, 15) is 13.2 Å². The van der Waals surface area contributed by atoms with Crippen LogP contribution in [0, 0.1) is 0 Å². The molecule has 3 rings (SSSR count). The molecule has 0 aromatic heterocycles. The van der Waals surface area contributed by atoms with Gasteiger partial charge in [-0.3, -0.25) is 4.79 Å². The average molecular weight is 346 g/mol. The van der Waals surface area contributed by atoms with Crippen LogP contribution in [0.25, 0.3) is 0 Å². The SMILES string of the molecule is CC(NS(=O)(=O)c1ccc2c(c1)NC(=O)CCO2)c1ccccc1. The molecule has 0 saturated carbocycles. The number of hydrogen-bond donors (Lipinski definition) is 2. The predicted molar refractivity (Wildman–Crippen MR) is 90.4 cm³/mol. The molecule has 24 heavy (non-hydrogen) atoms. The maximum atomic E-state index is 12.6. The summed E-state index contributed by atoms with van der Waals surface area (Å²) in [4.78, 5) is 11.7. The highest BCUT2D eigenvalue weighted by Gasteiger charge is 2.21. The summed E-state index contributed by atoms with van der Waals surface area (Å²) in [7, 11) is -3.73. The summed E-state index contributed by atoms with van der Waals surface area (Å²) in [6.45, 7) is 2.05. The normalized spacial score (nSPS) is 15.6. The van der Waals surface area contributed by atoms with Crippen molar-refractivity contribution in [3.8, 4) is 5.75 Å². The molecule has 2 aromatic rings. The van der Waals surface area contributed by atoms with Crippen LogP contribution in [0.5, 0.6) is 5.75 Å². The van der Waals surface area contributed by atoms with E-state index in [4.69, 9.17) is 4.74 Å². The minimum atomic E-state index is -3.73. The van der Waals surface area contributed by atoms with Gasteiger partial charge >= 0.3 is 0 Å². The van der Waals surface area contributed by atoms with Crippen LogP contribution in [-0.2, 0) is 14.8 Å². The number of benzene rings is 2. The van der Waals surface area contributed by atoms with E-state index in [1.165, 1.54) is 12.1 Å². The van der Waals surface area contributed by atoms with E-state index >= 15 is 0 Å². The van der Waals surface area contributed by atoms with E-state index in [1.807, 2.05) is 30.3 Å². The van der Waals surface area contributed by atoms with Gasteiger partial charge < -0.3 is 10.1 Å². The lowest BCUT2D eigenvalue weighted by Gasteiger charge is -2.16. The third-order valence-electron chi connectivity index (χ3n) is 3.75. The van der Waals surface area contributed by atoms with E-state index in [-0.39, 0.29) is 29.9 Å². The third kappa shape index (κ3) is 3.58. The van der Waals surface area contributed by atoms with Crippen LogP contribution >= 0.6 is 0 Å². The maximum Gasteiger partial charge on any atom is 0.241 e. The van der Waals surface area contributed by atoms with Crippen molar-refractivity contribution in [1.82, 2.24) is 4.72 Å². The summed E-state index contributed by atoms with van der Waals surface area (Å²) >= 11 is 0. The molecule has 1 aliphatic heterocycles. The van der Waals surface area contributed by atoms with Crippen molar-refractivity contribution in [1.29, 1.82) is 0 Å². The van der Waals surface area contributed by atoms with Gasteiger partial charge in [0.1, 0.15) is 5.75 Å². The maximum absolute atomic E-state index is 12.6. The second-order valence-corrected chi connectivity index (χ2v) is 7.27. The van der Waals surface area contributed by atoms with Gasteiger partial charge in [0.25, 0.3) is 0 Å². The number of nitrogens with one attached hydrogen (secondary N) is 2. The molecule has 0 fully saturated rings. The molecule has 0 radical (unpaired) electrons. The van der Waals surface area contributed by atoms with Gasteiger partial charge in [0, 0.05) is 6.04 Å². The Hall–Kier alpha value is -2.38. The molecule has 1 heterocycles. The van der Waals surface area contributed by atoms with Crippen molar-refractivity contribution in [2.75, 3.05) is 11.9 Å². The topological polar surface area (TPSA) is 84.5 Å². The smallest absolute Gasteiger partial charge is 0.241 e. The van der Waals surface area contributed by atoms with E-state index in [2.05, 4.69) is 10.0 Å². The molecule has 0 aliphatic carbocycles. The van der Waals surface area contributed by atoms with Gasteiger partial charge in [-0.2, -0.15) is 0 Å². The number of carbonyl (C=O) groups is 1. The molecular weight excluding hydrogens is 328 g/mol. The Morgan fingerprint density at radius 1 is 1.17 bits per heavy atom. The molecule has 6 nitrogen and oxygen atoms in total. The largest absolute Gasteiger partial charge is 0.491 e. The first-order chi connectivity index (χ1) is 11.5. The molecule has 1 amide bonds. The number of rotatable bonds is 4. The van der Waals surface area contributed by atoms with Crippen LogP contribution in [-0.4, -0.2) is 20.9 Å². The predicted octanol–water partition coefficient (Wildman–Crippen LogP) is 2.45. The monoisotopic (exact) mass is 346 g/mol. The van der Waals surface area contributed by atoms with Crippen LogP contribution < -0.4 is 14.8 Å². The molecule has 2 N–H and O–H groups in total. The Kier molecular flexibility index (Phi) is 4.55. The lowest BCUT2D eigenvalue weighted by atomic mass is 10.1. The summed E-state index contributed by atoms with van der Waals surface area (Å²) in [5, 5.41) is 2.66. The highest BCUT2D eigenvalue weighted by atomic mass is 32.2. The molecule has 7 heteroatoms. The van der Waals surface area contributed by atoms with Crippen LogP contribution in [0.15, 0.2) is 53.4 Å². The molecule has 2 aromatic carbocycles. The van der Waals surface area contributed by atoms with Gasteiger partial charge in [-0.15, -0.1) is 0 Å². The fourth-order valence-electron chi connectivity index (χ4n) is 2.48. The third-order valence-corrected chi connectivity index (χ3v) is 5.29. The lowest BCUT2D eigenvalue weighted by Crippen LogP contribution is -2.27. The van der Waals surface area contributed by atoms with E-state index < -0.39 is 10.0 Å². The molecule has 1 atom stereocenters. The number of hydrogen-bond acceptors (Lipinski definition) is 4. The summed E-state index contributed by atoms with van der Waals surface area (Å²) in [6.07, 6.45) is 0.236. The highest BCUT2D eigenvalue weighted by Crippen LogP contribution is 2.30. The average Bonchev–Trinajstić information content (AvgIpc) is 2.75. The van der Waals surface area contributed by atoms with Crippen LogP contribution in [0.2, 0.25) is 0 Å². The summed E-state index contributed by atoms with van der Waals surface area (Å²) in [5.74, 6) is 0.268. The first-order valence-electron chi connectivity index (χ1n) is 7.60. The Bertz CT molecular complexity index is 850. The van der Waals surface area contributed by atoms with Gasteiger partial charge in [0.15, 0.2) is 0 Å². The van der Waals surface area contributed by atoms with Gasteiger partial charge in [-0.25, -0.2) is 13.1 Å². The molecule has 1 aliphatic rings. The fraction of sp³-hybridized carbons (Fsp3) is 0.235. The number of amides is 1. The number of carbonyl (C=O) groups excluding carboxylic acids is 1. The van der Waals surface area contributed by atoms with Crippen molar-refractivity contribution in [3.63, 3.8) is 0 Å². The number of anilines is 1. The first-order valence-corrected chi connectivity index (χ1v) is 9.08. The highest BCUT2D eigenvalue weighted by molar-refractivity contribution is 7.89. The van der Waals surface area contributed by atoms with E-state index in [0.29, 0.717) is 11.4 Å². The van der Waals surface area contributed by atoms with Gasteiger partial charge in [-0.05, 0) is 30.7 Å². The molecular formula is C17H18N2O4S. The van der Waals surface area contributed by atoms with Crippen molar-refractivity contribution >= 4 is 21.6 Å². The zero-order valence-electron chi connectivity index (χ0n) is 13.2. The van der Waals surface area contributed by atoms with Crippen molar-refractivity contribution < 1.29 is 17.9 Å². The first kappa shape index (κ1) is 16.5. The second-order valence-electron chi connectivity index (χ2n) is 5.56. The standard InChI is InChI=1S/C17H18N2O4S/c1-12(13-5-3-2-4-6-13)19-24(21,22)14-7-8-16-15(11-14)18-17(20)9-10-23-16/h2-8,11-12,19H,9-10H2,1H3,(H,18,20). The Morgan fingerprint density at radius 2 is 1.92 bits per heavy atom. The van der Waals surface area contributed by atoms with Crippen molar-refractivity contribution in [2.24, 2.45) is 0 Å². The van der Waals surface area contributed by atoms with Gasteiger partial charge in [-0.1, -0.05) is 30.3 Å². The number of ether oxygens (including phenoxy) is 1. The summed E-state index contributed by atoms with van der Waals surface area (Å²) < 4.78 is 33.3. The summed E-state index contributed by atoms with van der Waals surface area (Å²) in [5.41, 5.74) is 1.24. The van der Waals surface area contributed by atoms with Crippen LogP contribution in [0.3, 0.4) is 0 Å². The van der Waals surface area contributed by atoms with Gasteiger partial charge in [0.2, 0.25) is 15.9 Å². The molecule has 0 spiro atoms. The molecule has 126 valence electrons. The quantitative estimate of drug-likeness (QED) is 0.890. The minimum Gasteiger partial charge on any atom is -0.491 e. The molecule has 1 unspecified atom stereocenters. The Morgan fingerprint density at radius 3 is 2.67 bits per heavy atom. The number of sulfonamides is 1. The zero-order chi connectivity index (χ0) is 17.2. The van der Waals surface area contributed by atoms with Crippen molar-refractivity contribution in [3.05, 3.63) is 54.1 Å². The second kappa shape index (κ2) is 6.62. The molecule has 0 saturated heterocycles. The van der Waals surface area contributed by atoms with Crippen molar-refractivity contribution in [2.45, 2.75) is 24.3 Å². The minimum absolute atomic E-state index is 0.0785. The van der Waals surface area contributed by atoms with Crippen LogP contribution in [0.1, 0.15) is 24.9 Å². The number of fused-ring (bicyclic) bond motifs is 1. The zero-order valence-corrected chi connectivity index (χ0v) is 14.0. The van der Waals surface area contributed by atoms with Crippen LogP contribution in [0.4, 0.5) is 5.69 Å². The fourth-order valence-corrected chi connectivity index (χ4v) is 3.73. The Balaban J connectivity index is 1.86.